The summed E-state index contributed by atoms with van der Waals surface area (Å²) in [6, 6.07) is 3.36. The van der Waals surface area contributed by atoms with E-state index in [0.29, 0.717) is 18.6 Å². The second-order valence-corrected chi connectivity index (χ2v) is 8.82. The summed E-state index contributed by atoms with van der Waals surface area (Å²) in [5.74, 6) is -1.42. The molecule has 1 aromatic carbocycles. The normalized spacial score (nSPS) is 16.3. The molecule has 0 N–H and O–H groups in total. The van der Waals surface area contributed by atoms with Crippen molar-refractivity contribution in [2.45, 2.75) is 110 Å². The van der Waals surface area contributed by atoms with Crippen molar-refractivity contribution in [3.8, 4) is 5.75 Å². The first-order valence-electron chi connectivity index (χ1n) is 11.7. The van der Waals surface area contributed by atoms with Gasteiger partial charge in [0.25, 0.3) is 0 Å². The molecule has 0 heterocycles. The molecule has 1 saturated carbocycles. The van der Waals surface area contributed by atoms with E-state index in [-0.39, 0.29) is 11.2 Å². The maximum atomic E-state index is 14.6. The first-order valence-corrected chi connectivity index (χ1v) is 11.7. The third-order valence-corrected chi connectivity index (χ3v) is 6.44. The third-order valence-electron chi connectivity index (χ3n) is 6.44. The Morgan fingerprint density at radius 2 is 1.50 bits per heavy atom. The Kier molecular flexibility index (Phi) is 10.3. The van der Waals surface area contributed by atoms with Gasteiger partial charge in [-0.15, -0.1) is 0 Å². The lowest BCUT2D eigenvalue weighted by Crippen LogP contribution is -2.31. The molecule has 0 saturated heterocycles. The number of hydrogen-bond acceptors (Lipinski definition) is 1. The van der Waals surface area contributed by atoms with Gasteiger partial charge in [0, 0.05) is 5.41 Å². The van der Waals surface area contributed by atoms with Crippen molar-refractivity contribution in [1.82, 2.24) is 0 Å². The molecule has 0 amide bonds. The second kappa shape index (κ2) is 12.4. The van der Waals surface area contributed by atoms with Gasteiger partial charge in [-0.05, 0) is 43.7 Å². The highest BCUT2D eigenvalue weighted by molar-refractivity contribution is 5.31. The Labute approximate surface area is 171 Å². The molecule has 1 fully saturated rings. The van der Waals surface area contributed by atoms with Crippen LogP contribution in [0, 0.1) is 17.0 Å². The van der Waals surface area contributed by atoms with E-state index in [1.165, 1.54) is 57.8 Å². The van der Waals surface area contributed by atoms with Gasteiger partial charge in [0.15, 0.2) is 11.6 Å². The van der Waals surface area contributed by atoms with Crippen LogP contribution >= 0.6 is 0 Å². The van der Waals surface area contributed by atoms with Gasteiger partial charge in [0.05, 0.1) is 6.61 Å². The van der Waals surface area contributed by atoms with Crippen LogP contribution in [0.1, 0.15) is 109 Å². The van der Waals surface area contributed by atoms with Crippen molar-refractivity contribution in [1.29, 1.82) is 0 Å². The van der Waals surface area contributed by atoms with E-state index in [0.717, 1.165) is 32.1 Å². The minimum Gasteiger partial charge on any atom is -0.490 e. The minimum absolute atomic E-state index is 0.0904. The van der Waals surface area contributed by atoms with Crippen LogP contribution in [0.2, 0.25) is 0 Å². The SMILES string of the molecule is CCCCCCCc1ccc(OCC2(CCCCC)CCCCC2)c(F)c1F. The molecule has 0 radical (unpaired) electrons. The average Bonchev–Trinajstić information content (AvgIpc) is 2.71. The lowest BCUT2D eigenvalue weighted by Gasteiger charge is -2.37. The number of hydrogen-bond donors (Lipinski definition) is 0. The molecule has 28 heavy (non-hydrogen) atoms. The highest BCUT2D eigenvalue weighted by Gasteiger charge is 2.32. The van der Waals surface area contributed by atoms with Gasteiger partial charge in [0.1, 0.15) is 0 Å². The molecule has 0 bridgehead atoms. The van der Waals surface area contributed by atoms with Crippen LogP contribution in [0.4, 0.5) is 8.78 Å². The van der Waals surface area contributed by atoms with E-state index in [9.17, 15) is 8.78 Å². The zero-order valence-electron chi connectivity index (χ0n) is 18.1. The Bertz CT molecular complexity index is 564. The van der Waals surface area contributed by atoms with Crippen molar-refractivity contribution in [3.05, 3.63) is 29.3 Å². The van der Waals surface area contributed by atoms with Crippen molar-refractivity contribution in [2.24, 2.45) is 5.41 Å². The molecule has 0 aliphatic heterocycles. The summed E-state index contributed by atoms with van der Waals surface area (Å²) in [5.41, 5.74) is 0.630. The predicted octanol–water partition coefficient (Wildman–Crippen LogP) is 8.39. The van der Waals surface area contributed by atoms with E-state index >= 15 is 0 Å². The van der Waals surface area contributed by atoms with Crippen molar-refractivity contribution < 1.29 is 13.5 Å². The predicted molar refractivity (Wildman–Crippen MR) is 114 cm³/mol. The van der Waals surface area contributed by atoms with Gasteiger partial charge in [-0.2, -0.15) is 4.39 Å². The molecule has 0 unspecified atom stereocenters. The average molecular weight is 395 g/mol. The zero-order chi connectivity index (χ0) is 20.2. The summed E-state index contributed by atoms with van der Waals surface area (Å²) in [5, 5.41) is 0. The lowest BCUT2D eigenvalue weighted by atomic mass is 9.71. The number of unbranched alkanes of at least 4 members (excludes halogenated alkanes) is 6. The van der Waals surface area contributed by atoms with Gasteiger partial charge >= 0.3 is 0 Å². The zero-order valence-corrected chi connectivity index (χ0v) is 18.1. The highest BCUT2D eigenvalue weighted by atomic mass is 19.2. The fourth-order valence-corrected chi connectivity index (χ4v) is 4.54. The Morgan fingerprint density at radius 1 is 0.821 bits per heavy atom. The highest BCUT2D eigenvalue weighted by Crippen LogP contribution is 2.41. The summed E-state index contributed by atoms with van der Waals surface area (Å²) >= 11 is 0. The number of halogens is 2. The van der Waals surface area contributed by atoms with E-state index < -0.39 is 11.6 Å². The molecular formula is C25H40F2O. The smallest absolute Gasteiger partial charge is 0.200 e. The number of ether oxygens (including phenoxy) is 1. The third kappa shape index (κ3) is 7.04. The maximum Gasteiger partial charge on any atom is 0.200 e. The largest absolute Gasteiger partial charge is 0.490 e. The molecule has 160 valence electrons. The fourth-order valence-electron chi connectivity index (χ4n) is 4.54. The molecular weight excluding hydrogens is 354 g/mol. The topological polar surface area (TPSA) is 9.23 Å². The quantitative estimate of drug-likeness (QED) is 0.305. The van der Waals surface area contributed by atoms with Gasteiger partial charge in [-0.3, -0.25) is 0 Å². The molecule has 3 heteroatoms. The van der Waals surface area contributed by atoms with E-state index in [4.69, 9.17) is 4.74 Å². The van der Waals surface area contributed by atoms with Crippen LogP contribution in [0.15, 0.2) is 12.1 Å². The second-order valence-electron chi connectivity index (χ2n) is 8.82. The van der Waals surface area contributed by atoms with Crippen LogP contribution in [-0.2, 0) is 6.42 Å². The van der Waals surface area contributed by atoms with Crippen LogP contribution in [0.5, 0.6) is 5.75 Å². The fraction of sp³-hybridized carbons (Fsp3) is 0.760. The van der Waals surface area contributed by atoms with Crippen molar-refractivity contribution in [3.63, 3.8) is 0 Å². The monoisotopic (exact) mass is 394 g/mol. The summed E-state index contributed by atoms with van der Waals surface area (Å²) in [6.07, 6.45) is 17.0. The van der Waals surface area contributed by atoms with Crippen molar-refractivity contribution in [2.75, 3.05) is 6.61 Å². The summed E-state index contributed by atoms with van der Waals surface area (Å²) in [6.45, 7) is 4.91. The van der Waals surface area contributed by atoms with E-state index in [2.05, 4.69) is 13.8 Å². The minimum atomic E-state index is -0.800. The molecule has 1 nitrogen and oxygen atoms in total. The molecule has 0 spiro atoms. The maximum absolute atomic E-state index is 14.6. The summed E-state index contributed by atoms with van der Waals surface area (Å²) in [7, 11) is 0. The van der Waals surface area contributed by atoms with Crippen LogP contribution < -0.4 is 4.74 Å². The Morgan fingerprint density at radius 3 is 2.21 bits per heavy atom. The van der Waals surface area contributed by atoms with Crippen LogP contribution in [0.25, 0.3) is 0 Å². The molecule has 2 rings (SSSR count). The molecule has 0 aromatic heterocycles. The number of rotatable bonds is 13. The van der Waals surface area contributed by atoms with Gasteiger partial charge in [0.2, 0.25) is 5.82 Å². The standard InChI is InChI=1S/C25H40F2O/c1-3-5-7-8-10-14-21-15-16-22(24(27)23(21)26)28-20-25(17-11-6-4-2)18-12-9-13-19-25/h15-16H,3-14,17-20H2,1-2H3. The van der Waals surface area contributed by atoms with Crippen molar-refractivity contribution >= 4 is 0 Å². The van der Waals surface area contributed by atoms with Gasteiger partial charge in [-0.1, -0.05) is 84.1 Å². The lowest BCUT2D eigenvalue weighted by molar-refractivity contribution is 0.0815. The number of benzene rings is 1. The molecule has 1 aliphatic carbocycles. The summed E-state index contributed by atoms with van der Waals surface area (Å²) < 4.78 is 35.0. The summed E-state index contributed by atoms with van der Waals surface area (Å²) in [4.78, 5) is 0. The van der Waals surface area contributed by atoms with Gasteiger partial charge < -0.3 is 4.74 Å². The first kappa shape index (κ1) is 23.2. The Balaban J connectivity index is 1.93. The molecule has 1 aliphatic rings. The molecule has 1 aromatic rings. The van der Waals surface area contributed by atoms with E-state index in [1.807, 2.05) is 0 Å². The first-order chi connectivity index (χ1) is 13.6. The van der Waals surface area contributed by atoms with E-state index in [1.54, 1.807) is 12.1 Å². The number of aryl methyl sites for hydroxylation is 1. The molecule has 0 atom stereocenters. The van der Waals surface area contributed by atoms with Crippen LogP contribution in [0.3, 0.4) is 0 Å². The van der Waals surface area contributed by atoms with Gasteiger partial charge in [-0.25, -0.2) is 4.39 Å². The van der Waals surface area contributed by atoms with Crippen LogP contribution in [-0.4, -0.2) is 6.61 Å². The Hall–Kier alpha value is -1.12.